The smallest absolute Gasteiger partial charge is 0.295 e. The maximum Gasteiger partial charge on any atom is 0.295 e. The van der Waals surface area contributed by atoms with Crippen LogP contribution in [-0.2, 0) is 4.79 Å². The lowest BCUT2D eigenvalue weighted by atomic mass is 10.2. The number of hydrogen-bond donors (Lipinski definition) is 2. The van der Waals surface area contributed by atoms with Gasteiger partial charge in [0.05, 0.1) is 17.1 Å². The average Bonchev–Trinajstić information content (AvgIpc) is 2.55. The van der Waals surface area contributed by atoms with Crippen LogP contribution < -0.4 is 20.8 Å². The molecule has 2 aliphatic heterocycles. The number of rotatable bonds is 1. The number of hydrogen-bond acceptors (Lipinski definition) is 4. The van der Waals surface area contributed by atoms with E-state index in [0.717, 1.165) is 17.1 Å². The van der Waals surface area contributed by atoms with Crippen molar-refractivity contribution in [2.75, 3.05) is 15.3 Å². The van der Waals surface area contributed by atoms with E-state index in [1.54, 1.807) is 10.0 Å². The fourth-order valence-electron chi connectivity index (χ4n) is 2.49. The van der Waals surface area contributed by atoms with Crippen LogP contribution in [0.15, 0.2) is 59.7 Å². The molecule has 4 rings (SSSR count). The van der Waals surface area contributed by atoms with Crippen molar-refractivity contribution in [1.29, 1.82) is 0 Å². The minimum atomic E-state index is -0.283. The number of nitrogens with zero attached hydrogens (tertiary/aromatic N) is 3. The molecule has 0 spiro atoms. The zero-order valence-corrected chi connectivity index (χ0v) is 12.2. The Morgan fingerprint density at radius 1 is 0.955 bits per heavy atom. The molecule has 22 heavy (non-hydrogen) atoms. The molecule has 2 heterocycles. The van der Waals surface area contributed by atoms with Crippen molar-refractivity contribution in [2.45, 2.75) is 0 Å². The highest BCUT2D eigenvalue weighted by Gasteiger charge is 2.38. The highest BCUT2D eigenvalue weighted by Crippen LogP contribution is 2.34. The van der Waals surface area contributed by atoms with Gasteiger partial charge in [-0.3, -0.25) is 4.79 Å². The van der Waals surface area contributed by atoms with E-state index < -0.39 is 0 Å². The fourth-order valence-corrected chi connectivity index (χ4v) is 2.73. The van der Waals surface area contributed by atoms with Gasteiger partial charge in [0.15, 0.2) is 0 Å². The second kappa shape index (κ2) is 4.81. The van der Waals surface area contributed by atoms with Gasteiger partial charge in [0.1, 0.15) is 0 Å². The number of carbonyl (C=O) groups is 1. The first-order chi connectivity index (χ1) is 10.8. The molecule has 2 aliphatic rings. The third-order valence-corrected chi connectivity index (χ3v) is 3.70. The lowest BCUT2D eigenvalue weighted by Gasteiger charge is -2.42. The van der Waals surface area contributed by atoms with Crippen molar-refractivity contribution in [3.63, 3.8) is 0 Å². The Hall–Kier alpha value is -2.93. The van der Waals surface area contributed by atoms with Gasteiger partial charge < -0.3 is 5.32 Å². The zero-order valence-electron chi connectivity index (χ0n) is 11.4. The number of nitrogens with one attached hydrogen (secondary N) is 2. The molecule has 0 bridgehead atoms. The van der Waals surface area contributed by atoms with Crippen molar-refractivity contribution in [1.82, 2.24) is 5.43 Å². The minimum Gasteiger partial charge on any atom is -0.317 e. The molecular formula is C15H11N5OS. The van der Waals surface area contributed by atoms with E-state index in [9.17, 15) is 4.79 Å². The minimum absolute atomic E-state index is 0.246. The molecule has 0 atom stereocenters. The van der Waals surface area contributed by atoms with Crippen LogP contribution in [0.1, 0.15) is 0 Å². The lowest BCUT2D eigenvalue weighted by molar-refractivity contribution is -0.110. The van der Waals surface area contributed by atoms with Crippen molar-refractivity contribution in [2.24, 2.45) is 5.10 Å². The molecule has 0 radical (unpaired) electrons. The van der Waals surface area contributed by atoms with Gasteiger partial charge in [-0.2, -0.15) is 0 Å². The molecule has 7 heteroatoms. The number of amidine groups is 1. The van der Waals surface area contributed by atoms with Crippen LogP contribution in [-0.4, -0.2) is 16.9 Å². The third kappa shape index (κ3) is 1.83. The van der Waals surface area contributed by atoms with Crippen LogP contribution in [0.5, 0.6) is 0 Å². The maximum absolute atomic E-state index is 12.3. The van der Waals surface area contributed by atoms with Crippen LogP contribution >= 0.6 is 12.2 Å². The van der Waals surface area contributed by atoms with Crippen molar-refractivity contribution >= 4 is 46.1 Å². The van der Waals surface area contributed by atoms with Gasteiger partial charge in [-0.05, 0) is 36.5 Å². The number of thiocarbonyl (C=S) groups is 1. The number of hydrazine groups is 1. The summed E-state index contributed by atoms with van der Waals surface area (Å²) < 4.78 is 0. The second-order valence-corrected chi connectivity index (χ2v) is 5.17. The van der Waals surface area contributed by atoms with E-state index in [1.165, 1.54) is 0 Å². The van der Waals surface area contributed by atoms with Crippen LogP contribution in [0.4, 0.5) is 17.1 Å². The van der Waals surface area contributed by atoms with E-state index in [0.29, 0.717) is 5.11 Å². The first kappa shape index (κ1) is 12.8. The van der Waals surface area contributed by atoms with Gasteiger partial charge in [-0.1, -0.05) is 30.3 Å². The van der Waals surface area contributed by atoms with Crippen LogP contribution in [0, 0.1) is 0 Å². The summed E-state index contributed by atoms with van der Waals surface area (Å²) in [6.45, 7) is 0. The van der Waals surface area contributed by atoms with E-state index in [-0.39, 0.29) is 11.7 Å². The lowest BCUT2D eigenvalue weighted by Crippen LogP contribution is -2.62. The van der Waals surface area contributed by atoms with E-state index in [2.05, 4.69) is 15.8 Å². The summed E-state index contributed by atoms with van der Waals surface area (Å²) in [5.74, 6) is -0.0363. The maximum atomic E-state index is 12.3. The summed E-state index contributed by atoms with van der Waals surface area (Å²) in [7, 11) is 0. The number of carbonyl (C=O) groups excluding carboxylic acids is 1. The normalized spacial score (nSPS) is 16.3. The Bertz CT molecular complexity index is 805. The first-order valence-corrected chi connectivity index (χ1v) is 7.10. The molecular weight excluding hydrogens is 298 g/mol. The summed E-state index contributed by atoms with van der Waals surface area (Å²) in [4.78, 5) is 12.3. The molecule has 0 fully saturated rings. The summed E-state index contributed by atoms with van der Waals surface area (Å²) >= 11 is 5.38. The van der Waals surface area contributed by atoms with E-state index in [1.807, 2.05) is 54.6 Å². The summed E-state index contributed by atoms with van der Waals surface area (Å²) in [6.07, 6.45) is 0. The number of para-hydroxylation sites is 3. The average molecular weight is 309 g/mol. The topological polar surface area (TPSA) is 60.0 Å². The van der Waals surface area contributed by atoms with Crippen LogP contribution in [0.3, 0.4) is 0 Å². The summed E-state index contributed by atoms with van der Waals surface area (Å²) in [5.41, 5.74) is 5.11. The number of amides is 1. The summed E-state index contributed by atoms with van der Waals surface area (Å²) in [6, 6.07) is 17.1. The fraction of sp³-hybridized carbons (Fsp3) is 0. The molecule has 0 saturated heterocycles. The standard InChI is InChI=1S/C15H11N5OS/c21-14-13-17-18-15(22)19(10-6-2-1-3-7-10)20(13)12-9-5-4-8-11(12)16-14/h1-9H,(H,16,21)(H,18,22). The zero-order chi connectivity index (χ0) is 15.1. The number of anilines is 3. The highest BCUT2D eigenvalue weighted by atomic mass is 32.1. The largest absolute Gasteiger partial charge is 0.317 e. The molecule has 6 nitrogen and oxygen atoms in total. The molecule has 108 valence electrons. The molecule has 0 aliphatic carbocycles. The highest BCUT2D eigenvalue weighted by molar-refractivity contribution is 7.80. The Morgan fingerprint density at radius 2 is 1.68 bits per heavy atom. The quantitative estimate of drug-likeness (QED) is 0.790. The van der Waals surface area contributed by atoms with Crippen LogP contribution in [0.25, 0.3) is 0 Å². The monoisotopic (exact) mass is 309 g/mol. The Kier molecular flexibility index (Phi) is 2.80. The second-order valence-electron chi connectivity index (χ2n) is 4.78. The Labute approximate surface area is 132 Å². The van der Waals surface area contributed by atoms with Crippen molar-refractivity contribution in [3.05, 3.63) is 54.6 Å². The SMILES string of the molecule is O=C1Nc2ccccc2N2C1=NNC(=S)N2c1ccccc1. The molecule has 0 saturated carbocycles. The van der Waals surface area contributed by atoms with Gasteiger partial charge in [0, 0.05) is 0 Å². The predicted molar refractivity (Wildman–Crippen MR) is 89.6 cm³/mol. The predicted octanol–water partition coefficient (Wildman–Crippen LogP) is 2.07. The number of hydrazone groups is 1. The third-order valence-electron chi connectivity index (χ3n) is 3.43. The van der Waals surface area contributed by atoms with Gasteiger partial charge in [0.2, 0.25) is 10.9 Å². The molecule has 2 aromatic carbocycles. The van der Waals surface area contributed by atoms with Gasteiger partial charge in [-0.25, -0.2) is 15.4 Å². The van der Waals surface area contributed by atoms with Crippen molar-refractivity contribution < 1.29 is 4.79 Å². The van der Waals surface area contributed by atoms with Crippen LogP contribution in [0.2, 0.25) is 0 Å². The van der Waals surface area contributed by atoms with Crippen molar-refractivity contribution in [3.8, 4) is 0 Å². The molecule has 1 amide bonds. The molecule has 2 N–H and O–H groups in total. The number of fused-ring (bicyclic) bond motifs is 3. The Morgan fingerprint density at radius 3 is 2.50 bits per heavy atom. The Balaban J connectivity index is 1.92. The molecule has 2 aromatic rings. The van der Waals surface area contributed by atoms with E-state index in [4.69, 9.17) is 12.2 Å². The van der Waals surface area contributed by atoms with Gasteiger partial charge in [-0.15, -0.1) is 5.10 Å². The molecule has 0 unspecified atom stereocenters. The summed E-state index contributed by atoms with van der Waals surface area (Å²) in [5, 5.41) is 10.8. The van der Waals surface area contributed by atoms with Gasteiger partial charge in [0.25, 0.3) is 5.91 Å². The van der Waals surface area contributed by atoms with Gasteiger partial charge >= 0.3 is 0 Å². The number of benzene rings is 2. The molecule has 0 aromatic heterocycles. The first-order valence-electron chi connectivity index (χ1n) is 6.69. The van der Waals surface area contributed by atoms with E-state index >= 15 is 0 Å².